The highest BCUT2D eigenvalue weighted by Gasteiger charge is 2.28. The highest BCUT2D eigenvalue weighted by Crippen LogP contribution is 2.18. The second-order valence-electron chi connectivity index (χ2n) is 6.39. The van der Waals surface area contributed by atoms with Gasteiger partial charge < -0.3 is 15.5 Å². The van der Waals surface area contributed by atoms with E-state index >= 15 is 0 Å². The summed E-state index contributed by atoms with van der Waals surface area (Å²) in [4.78, 5) is 10.9. The van der Waals surface area contributed by atoms with Crippen molar-refractivity contribution in [1.82, 2.24) is 15.6 Å². The molecule has 2 aliphatic heterocycles. The molecule has 2 N–H and O–H groups in total. The number of hydrogen-bond donors (Lipinski definition) is 2. The third kappa shape index (κ3) is 4.37. The quantitative estimate of drug-likeness (QED) is 0.608. The van der Waals surface area contributed by atoms with Crippen molar-refractivity contribution < 1.29 is 8.42 Å². The Morgan fingerprint density at radius 3 is 2.88 bits per heavy atom. The van der Waals surface area contributed by atoms with Crippen molar-refractivity contribution in [2.24, 2.45) is 4.99 Å². The number of aliphatic imine (C=N–C) groups is 1. The molecule has 0 aromatic carbocycles. The fourth-order valence-corrected chi connectivity index (χ4v) is 4.85. The van der Waals surface area contributed by atoms with E-state index < -0.39 is 9.84 Å². The van der Waals surface area contributed by atoms with Gasteiger partial charge >= 0.3 is 0 Å². The van der Waals surface area contributed by atoms with Crippen molar-refractivity contribution in [3.8, 4) is 0 Å². The molecule has 2 aliphatic rings. The van der Waals surface area contributed by atoms with Crippen LogP contribution in [0.1, 0.15) is 24.8 Å². The Bertz CT molecular complexity index is 698. The highest BCUT2D eigenvalue weighted by atomic mass is 32.2. The van der Waals surface area contributed by atoms with Crippen LogP contribution in [0, 0.1) is 0 Å². The molecule has 24 heavy (non-hydrogen) atoms. The fourth-order valence-electron chi connectivity index (χ4n) is 3.17. The van der Waals surface area contributed by atoms with E-state index in [0.717, 1.165) is 24.5 Å². The van der Waals surface area contributed by atoms with Crippen LogP contribution in [0.5, 0.6) is 0 Å². The number of sulfone groups is 1. The molecule has 0 aliphatic carbocycles. The van der Waals surface area contributed by atoms with Crippen molar-refractivity contribution >= 4 is 21.6 Å². The molecule has 0 saturated carbocycles. The molecule has 1 aromatic rings. The van der Waals surface area contributed by atoms with Crippen LogP contribution in [-0.2, 0) is 16.4 Å². The molecule has 2 fully saturated rings. The normalized spacial score (nSPS) is 23.5. The number of hydrogen-bond acceptors (Lipinski definition) is 5. The summed E-state index contributed by atoms with van der Waals surface area (Å²) in [5.41, 5.74) is 1.13. The summed E-state index contributed by atoms with van der Waals surface area (Å²) < 4.78 is 23.1. The van der Waals surface area contributed by atoms with Crippen molar-refractivity contribution in [1.29, 1.82) is 0 Å². The maximum atomic E-state index is 11.5. The van der Waals surface area contributed by atoms with Gasteiger partial charge in [-0.1, -0.05) is 0 Å². The van der Waals surface area contributed by atoms with Gasteiger partial charge in [-0.3, -0.25) is 4.99 Å². The summed E-state index contributed by atoms with van der Waals surface area (Å²) in [6, 6.07) is 4.03. The average molecular weight is 351 g/mol. The lowest BCUT2D eigenvalue weighted by molar-refractivity contribution is 0.599. The second-order valence-corrected chi connectivity index (χ2v) is 8.62. The molecule has 8 heteroatoms. The van der Waals surface area contributed by atoms with Gasteiger partial charge in [-0.2, -0.15) is 0 Å². The van der Waals surface area contributed by atoms with E-state index in [1.807, 2.05) is 12.3 Å². The predicted octanol–water partition coefficient (Wildman–Crippen LogP) is 0.534. The van der Waals surface area contributed by atoms with E-state index in [9.17, 15) is 8.42 Å². The van der Waals surface area contributed by atoms with E-state index in [1.165, 1.54) is 12.8 Å². The lowest BCUT2D eigenvalue weighted by Crippen LogP contribution is -2.43. The molecular weight excluding hydrogens is 326 g/mol. The monoisotopic (exact) mass is 351 g/mol. The Kier molecular flexibility index (Phi) is 5.23. The zero-order valence-corrected chi connectivity index (χ0v) is 14.8. The summed E-state index contributed by atoms with van der Waals surface area (Å²) in [5.74, 6) is 2.10. The molecule has 1 unspecified atom stereocenters. The molecule has 1 aromatic heterocycles. The summed E-state index contributed by atoms with van der Waals surface area (Å²) >= 11 is 0. The minimum atomic E-state index is -2.89. The number of rotatable bonds is 4. The first-order valence-corrected chi connectivity index (χ1v) is 10.3. The molecule has 0 radical (unpaired) electrons. The molecular formula is C16H25N5O2S. The molecule has 1 atom stereocenters. The Labute approximate surface area is 143 Å². The molecule has 0 bridgehead atoms. The number of pyridine rings is 1. The van der Waals surface area contributed by atoms with Gasteiger partial charge in [0.25, 0.3) is 0 Å². The molecule has 2 saturated heterocycles. The van der Waals surface area contributed by atoms with Crippen molar-refractivity contribution in [3.05, 3.63) is 23.9 Å². The third-order valence-corrected chi connectivity index (χ3v) is 6.26. The van der Waals surface area contributed by atoms with Gasteiger partial charge in [-0.05, 0) is 37.0 Å². The Morgan fingerprint density at radius 1 is 1.42 bits per heavy atom. The summed E-state index contributed by atoms with van der Waals surface area (Å²) in [6.07, 6.45) is 4.93. The Balaban J connectivity index is 1.55. The number of guanidine groups is 1. The molecule has 7 nitrogen and oxygen atoms in total. The highest BCUT2D eigenvalue weighted by molar-refractivity contribution is 7.91. The van der Waals surface area contributed by atoms with Crippen molar-refractivity contribution in [3.63, 3.8) is 0 Å². The average Bonchev–Trinajstić information content (AvgIpc) is 3.21. The predicted molar refractivity (Wildman–Crippen MR) is 96.1 cm³/mol. The van der Waals surface area contributed by atoms with E-state index in [0.29, 0.717) is 18.9 Å². The second kappa shape index (κ2) is 7.38. The fraction of sp³-hybridized carbons (Fsp3) is 0.625. The standard InChI is InChI=1S/C16H25N5O2S/c1-17-16(20-14-5-9-24(22,23)12-14)19-11-13-4-6-18-15(10-13)21-7-2-3-8-21/h4,6,10,14H,2-3,5,7-9,11-12H2,1H3,(H2,17,19,20). The van der Waals surface area contributed by atoms with Crippen LogP contribution in [0.15, 0.2) is 23.3 Å². The number of nitrogens with zero attached hydrogens (tertiary/aromatic N) is 3. The van der Waals surface area contributed by atoms with E-state index in [-0.39, 0.29) is 17.5 Å². The first kappa shape index (κ1) is 17.0. The number of anilines is 1. The van der Waals surface area contributed by atoms with Gasteiger partial charge in [0.2, 0.25) is 0 Å². The lowest BCUT2D eigenvalue weighted by Gasteiger charge is -2.18. The number of nitrogens with one attached hydrogen (secondary N) is 2. The van der Waals surface area contributed by atoms with Gasteiger partial charge in [-0.25, -0.2) is 13.4 Å². The van der Waals surface area contributed by atoms with E-state index in [2.05, 4.69) is 31.6 Å². The first-order chi connectivity index (χ1) is 11.6. The Morgan fingerprint density at radius 2 is 2.21 bits per heavy atom. The third-order valence-electron chi connectivity index (χ3n) is 4.50. The van der Waals surface area contributed by atoms with Crippen LogP contribution >= 0.6 is 0 Å². The topological polar surface area (TPSA) is 86.7 Å². The SMILES string of the molecule is CN=C(NCc1ccnc(N2CCCC2)c1)NC1CCS(=O)(=O)C1. The van der Waals surface area contributed by atoms with Gasteiger partial charge in [0.05, 0.1) is 11.5 Å². The summed E-state index contributed by atoms with van der Waals surface area (Å²) in [7, 11) is -1.20. The first-order valence-electron chi connectivity index (χ1n) is 8.43. The summed E-state index contributed by atoms with van der Waals surface area (Å²) in [5, 5.41) is 6.45. The summed E-state index contributed by atoms with van der Waals surface area (Å²) in [6.45, 7) is 2.77. The molecule has 132 valence electrons. The van der Waals surface area contributed by atoms with Gasteiger partial charge in [0.1, 0.15) is 5.82 Å². The van der Waals surface area contributed by atoms with Crippen LogP contribution in [-0.4, -0.2) is 57.0 Å². The van der Waals surface area contributed by atoms with Crippen LogP contribution in [0.3, 0.4) is 0 Å². The van der Waals surface area contributed by atoms with Crippen molar-refractivity contribution in [2.45, 2.75) is 31.8 Å². The largest absolute Gasteiger partial charge is 0.357 e. The zero-order chi connectivity index (χ0) is 17.0. The van der Waals surface area contributed by atoms with Crippen LogP contribution in [0.4, 0.5) is 5.82 Å². The lowest BCUT2D eigenvalue weighted by atomic mass is 10.2. The van der Waals surface area contributed by atoms with Gasteiger partial charge in [-0.15, -0.1) is 0 Å². The van der Waals surface area contributed by atoms with Gasteiger partial charge in [0, 0.05) is 38.9 Å². The zero-order valence-electron chi connectivity index (χ0n) is 14.0. The molecule has 0 amide bonds. The molecule has 3 rings (SSSR count). The van der Waals surface area contributed by atoms with E-state index in [1.54, 1.807) is 7.05 Å². The number of aromatic nitrogens is 1. The van der Waals surface area contributed by atoms with Crippen LogP contribution in [0.2, 0.25) is 0 Å². The maximum Gasteiger partial charge on any atom is 0.191 e. The van der Waals surface area contributed by atoms with Crippen LogP contribution < -0.4 is 15.5 Å². The Hall–Kier alpha value is -1.83. The molecule has 3 heterocycles. The maximum absolute atomic E-state index is 11.5. The smallest absolute Gasteiger partial charge is 0.191 e. The molecule has 0 spiro atoms. The van der Waals surface area contributed by atoms with E-state index in [4.69, 9.17) is 0 Å². The minimum absolute atomic E-state index is 0.0567. The minimum Gasteiger partial charge on any atom is -0.357 e. The van der Waals surface area contributed by atoms with Gasteiger partial charge in [0.15, 0.2) is 15.8 Å². The van der Waals surface area contributed by atoms with Crippen molar-refractivity contribution in [2.75, 3.05) is 36.5 Å². The van der Waals surface area contributed by atoms with Crippen LogP contribution in [0.25, 0.3) is 0 Å².